The quantitative estimate of drug-likeness (QED) is 0.668. The molecule has 0 heterocycles. The van der Waals surface area contributed by atoms with E-state index in [1.165, 1.54) is 38.5 Å². The van der Waals surface area contributed by atoms with Crippen molar-refractivity contribution in [3.63, 3.8) is 0 Å². The fourth-order valence-electron chi connectivity index (χ4n) is 6.11. The zero-order valence-corrected chi connectivity index (χ0v) is 14.0. The van der Waals surface area contributed by atoms with Gasteiger partial charge in [0.15, 0.2) is 0 Å². The maximum absolute atomic E-state index is 5.42. The molecule has 3 aliphatic carbocycles. The predicted molar refractivity (Wildman–Crippen MR) is 91.3 cm³/mol. The van der Waals surface area contributed by atoms with Gasteiger partial charge < -0.3 is 4.74 Å². The molecule has 3 aliphatic rings. The highest BCUT2D eigenvalue weighted by atomic mass is 16.5. The van der Waals surface area contributed by atoms with Crippen molar-refractivity contribution in [1.29, 1.82) is 0 Å². The van der Waals surface area contributed by atoms with Crippen molar-refractivity contribution < 1.29 is 4.74 Å². The van der Waals surface area contributed by atoms with Gasteiger partial charge in [0.05, 0.1) is 7.11 Å². The Morgan fingerprint density at radius 2 is 2.09 bits per heavy atom. The summed E-state index contributed by atoms with van der Waals surface area (Å²) in [4.78, 5) is 0. The van der Waals surface area contributed by atoms with Gasteiger partial charge in [-0.3, -0.25) is 0 Å². The lowest BCUT2D eigenvalue weighted by Gasteiger charge is -2.50. The van der Waals surface area contributed by atoms with Gasteiger partial charge in [-0.05, 0) is 90.9 Å². The highest BCUT2D eigenvalue weighted by molar-refractivity contribution is 5.40. The normalized spacial score (nSPS) is 39.5. The molecule has 22 heavy (non-hydrogen) atoms. The predicted octanol–water partition coefficient (Wildman–Crippen LogP) is 5.35. The molecule has 0 radical (unpaired) electrons. The van der Waals surface area contributed by atoms with Gasteiger partial charge in [-0.2, -0.15) is 0 Å². The van der Waals surface area contributed by atoms with Crippen LogP contribution in [0.4, 0.5) is 0 Å². The van der Waals surface area contributed by atoms with Crippen LogP contribution in [-0.4, -0.2) is 7.11 Å². The third-order valence-corrected chi connectivity index (χ3v) is 7.29. The van der Waals surface area contributed by atoms with E-state index < -0.39 is 0 Å². The minimum absolute atomic E-state index is 0.521. The van der Waals surface area contributed by atoms with Gasteiger partial charge in [-0.25, -0.2) is 0 Å². The van der Waals surface area contributed by atoms with E-state index in [0.717, 1.165) is 29.4 Å². The third kappa shape index (κ3) is 1.90. The van der Waals surface area contributed by atoms with Crippen LogP contribution in [0.5, 0.6) is 5.75 Å². The van der Waals surface area contributed by atoms with E-state index in [9.17, 15) is 0 Å². The van der Waals surface area contributed by atoms with Crippen LogP contribution in [0.1, 0.15) is 56.1 Å². The molecular weight excluding hydrogens is 268 g/mol. The van der Waals surface area contributed by atoms with Gasteiger partial charge in [0.1, 0.15) is 5.75 Å². The van der Waals surface area contributed by atoms with Gasteiger partial charge in [-0.1, -0.05) is 19.1 Å². The van der Waals surface area contributed by atoms with Gasteiger partial charge >= 0.3 is 0 Å². The number of methoxy groups -OCH3 is 1. The molecule has 0 N–H and O–H groups in total. The summed E-state index contributed by atoms with van der Waals surface area (Å²) in [5, 5.41) is 0. The minimum Gasteiger partial charge on any atom is -0.497 e. The smallest absolute Gasteiger partial charge is 0.119 e. The van der Waals surface area contributed by atoms with Gasteiger partial charge in [0.2, 0.25) is 0 Å². The molecule has 3 unspecified atom stereocenters. The first-order valence-corrected chi connectivity index (χ1v) is 8.96. The van der Waals surface area contributed by atoms with Crippen molar-refractivity contribution in [2.75, 3.05) is 7.11 Å². The second-order valence-corrected chi connectivity index (χ2v) is 7.94. The van der Waals surface area contributed by atoms with Crippen LogP contribution in [0.2, 0.25) is 0 Å². The van der Waals surface area contributed by atoms with Crippen molar-refractivity contribution in [1.82, 2.24) is 0 Å². The molecule has 1 aromatic rings. The number of benzene rings is 1. The standard InChI is InChI=1S/C21H28O/c1-4-15-6-10-20-19-8-5-14-13-16(22-3)7-9-17(14)18(19)11-12-21(15,20)2/h4,7,9,13,15,18-20H,1,5-6,8,10-12H2,2-3H3/t15-,18?,19?,20?,21+/m0/s1. The zero-order valence-electron chi connectivity index (χ0n) is 14.0. The monoisotopic (exact) mass is 296 g/mol. The summed E-state index contributed by atoms with van der Waals surface area (Å²) in [6.07, 6.45) is 10.4. The molecule has 1 aromatic carbocycles. The SMILES string of the molecule is C=C[C@H]1CCC2C3CCc4cc(OC)ccc4C3CC[C@@]21C. The summed E-state index contributed by atoms with van der Waals surface area (Å²) < 4.78 is 5.42. The Morgan fingerprint density at radius 3 is 2.86 bits per heavy atom. The van der Waals surface area contributed by atoms with E-state index in [0.29, 0.717) is 5.41 Å². The van der Waals surface area contributed by atoms with E-state index in [-0.39, 0.29) is 0 Å². The number of aryl methyl sites for hydroxylation is 1. The third-order valence-electron chi connectivity index (χ3n) is 7.29. The maximum atomic E-state index is 5.42. The molecule has 4 rings (SSSR count). The van der Waals surface area contributed by atoms with Crippen molar-refractivity contribution in [3.05, 3.63) is 42.0 Å². The Labute approximate surface area is 134 Å². The summed E-state index contributed by atoms with van der Waals surface area (Å²) in [5.74, 6) is 4.35. The Hall–Kier alpha value is -1.24. The molecule has 1 nitrogen and oxygen atoms in total. The molecule has 0 spiro atoms. The highest BCUT2D eigenvalue weighted by Crippen LogP contribution is 2.63. The molecule has 2 fully saturated rings. The van der Waals surface area contributed by atoms with Gasteiger partial charge in [-0.15, -0.1) is 6.58 Å². The number of allylic oxidation sites excluding steroid dienone is 1. The van der Waals surface area contributed by atoms with Crippen molar-refractivity contribution >= 4 is 0 Å². The van der Waals surface area contributed by atoms with Crippen LogP contribution in [-0.2, 0) is 6.42 Å². The van der Waals surface area contributed by atoms with Crippen molar-refractivity contribution in [2.45, 2.75) is 51.4 Å². The molecular formula is C21H28O. The largest absolute Gasteiger partial charge is 0.497 e. The first-order valence-electron chi connectivity index (χ1n) is 8.96. The van der Waals surface area contributed by atoms with Crippen LogP contribution in [0.25, 0.3) is 0 Å². The van der Waals surface area contributed by atoms with Gasteiger partial charge in [0.25, 0.3) is 0 Å². The lowest BCUT2D eigenvalue weighted by atomic mass is 9.54. The second-order valence-electron chi connectivity index (χ2n) is 7.94. The van der Waals surface area contributed by atoms with Crippen LogP contribution in [0, 0.1) is 23.2 Å². The number of rotatable bonds is 2. The van der Waals surface area contributed by atoms with E-state index in [1.54, 1.807) is 18.2 Å². The zero-order chi connectivity index (χ0) is 15.3. The number of hydrogen-bond acceptors (Lipinski definition) is 1. The average molecular weight is 296 g/mol. The second kappa shape index (κ2) is 5.15. The molecule has 0 aliphatic heterocycles. The minimum atomic E-state index is 0.521. The molecule has 0 aromatic heterocycles. The lowest BCUT2D eigenvalue weighted by molar-refractivity contribution is 0.0410. The fourth-order valence-corrected chi connectivity index (χ4v) is 6.11. The van der Waals surface area contributed by atoms with E-state index in [2.05, 4.69) is 37.8 Å². The maximum Gasteiger partial charge on any atom is 0.119 e. The van der Waals surface area contributed by atoms with Crippen LogP contribution < -0.4 is 4.74 Å². The Kier molecular flexibility index (Phi) is 3.36. The average Bonchev–Trinajstić information content (AvgIpc) is 2.90. The molecule has 2 saturated carbocycles. The van der Waals surface area contributed by atoms with Crippen molar-refractivity contribution in [2.24, 2.45) is 23.2 Å². The number of hydrogen-bond donors (Lipinski definition) is 0. The van der Waals surface area contributed by atoms with Crippen LogP contribution in [0.15, 0.2) is 30.9 Å². The van der Waals surface area contributed by atoms with Gasteiger partial charge in [0, 0.05) is 0 Å². The highest BCUT2D eigenvalue weighted by Gasteiger charge is 2.53. The molecule has 0 amide bonds. The van der Waals surface area contributed by atoms with E-state index >= 15 is 0 Å². The van der Waals surface area contributed by atoms with Crippen molar-refractivity contribution in [3.8, 4) is 5.75 Å². The molecule has 0 saturated heterocycles. The lowest BCUT2D eigenvalue weighted by Crippen LogP contribution is -2.41. The Bertz CT molecular complexity index is 590. The topological polar surface area (TPSA) is 9.23 Å². The van der Waals surface area contributed by atoms with E-state index in [4.69, 9.17) is 4.74 Å². The summed E-state index contributed by atoms with van der Waals surface area (Å²) in [6.45, 7) is 6.68. The Balaban J connectivity index is 1.67. The van der Waals surface area contributed by atoms with Crippen LogP contribution in [0.3, 0.4) is 0 Å². The summed E-state index contributed by atoms with van der Waals surface area (Å²) in [7, 11) is 1.77. The number of ether oxygens (including phenoxy) is 1. The fraction of sp³-hybridized carbons (Fsp3) is 0.619. The molecule has 118 valence electrons. The number of fused-ring (bicyclic) bond motifs is 5. The summed E-state index contributed by atoms with van der Waals surface area (Å²) in [5.41, 5.74) is 3.69. The molecule has 5 atom stereocenters. The first-order chi connectivity index (χ1) is 10.7. The summed E-state index contributed by atoms with van der Waals surface area (Å²) >= 11 is 0. The molecule has 0 bridgehead atoms. The summed E-state index contributed by atoms with van der Waals surface area (Å²) in [6, 6.07) is 6.80. The van der Waals surface area contributed by atoms with E-state index in [1.807, 2.05) is 0 Å². The molecule has 1 heteroatoms. The first kappa shape index (κ1) is 14.4. The Morgan fingerprint density at radius 1 is 1.23 bits per heavy atom. The van der Waals surface area contributed by atoms with Crippen LogP contribution >= 0.6 is 0 Å².